The maximum absolute atomic E-state index is 12.8. The molecule has 0 radical (unpaired) electrons. The van der Waals surface area contributed by atoms with Crippen LogP contribution in [0.5, 0.6) is 0 Å². The average Bonchev–Trinajstić information content (AvgIpc) is 3.80. The topological polar surface area (TPSA) is 107 Å². The predicted molar refractivity (Wildman–Crippen MR) is 230 cm³/mol. The molecule has 4 heterocycles. The Bertz CT molecular complexity index is 2360. The van der Waals surface area contributed by atoms with Crippen LogP contribution in [0.15, 0.2) is 58.8 Å². The molecule has 2 aliphatic rings. The molecule has 0 saturated carbocycles. The van der Waals surface area contributed by atoms with E-state index < -0.39 is 5.97 Å². The second kappa shape index (κ2) is 18.0. The fourth-order valence-corrected chi connectivity index (χ4v) is 8.54. The van der Waals surface area contributed by atoms with Crippen molar-refractivity contribution >= 4 is 63.0 Å². The molecule has 1 N–H and O–H groups in total. The highest BCUT2D eigenvalue weighted by molar-refractivity contribution is 6.35. The lowest BCUT2D eigenvalue weighted by atomic mass is 9.98. The highest BCUT2D eigenvalue weighted by Gasteiger charge is 2.26. The summed E-state index contributed by atoms with van der Waals surface area (Å²) in [6.07, 6.45) is 7.42. The minimum absolute atomic E-state index is 0.0276. The average molecular weight is 818 g/mol. The first-order valence-electron chi connectivity index (χ1n) is 19.5. The van der Waals surface area contributed by atoms with Crippen LogP contribution < -0.4 is 4.90 Å². The number of hydrogen-bond donors (Lipinski definition) is 1. The molecular weight excluding hydrogens is 763 g/mol. The monoisotopic (exact) mass is 816 g/mol. The number of morpholine rings is 1. The highest BCUT2D eigenvalue weighted by atomic mass is 35.5. The van der Waals surface area contributed by atoms with Gasteiger partial charge < -0.3 is 28.6 Å². The lowest BCUT2D eigenvalue weighted by Gasteiger charge is -2.27. The molecule has 0 bridgehead atoms. The van der Waals surface area contributed by atoms with Crippen LogP contribution in [0.3, 0.4) is 0 Å². The molecule has 5 aromatic rings. The third-order valence-corrected chi connectivity index (χ3v) is 12.1. The lowest BCUT2D eigenvalue weighted by Crippen LogP contribution is -2.38. The highest BCUT2D eigenvalue weighted by Crippen LogP contribution is 2.42. The molecule has 304 valence electrons. The Morgan fingerprint density at radius 1 is 1.04 bits per heavy atom. The number of carboxylic acids is 1. The van der Waals surface area contributed by atoms with E-state index in [2.05, 4.69) is 40.6 Å². The summed E-state index contributed by atoms with van der Waals surface area (Å²) in [5.41, 5.74) is 11.1. The zero-order chi connectivity index (χ0) is 41.1. The number of carboxylic acid groups (broad SMARTS) is 1. The van der Waals surface area contributed by atoms with Crippen molar-refractivity contribution in [2.45, 2.75) is 59.6 Å². The second-order valence-electron chi connectivity index (χ2n) is 15.3. The van der Waals surface area contributed by atoms with E-state index in [4.69, 9.17) is 37.8 Å². The molecule has 2 aromatic carbocycles. The minimum atomic E-state index is -0.897. The van der Waals surface area contributed by atoms with Crippen LogP contribution in [0, 0.1) is 13.8 Å². The molecule has 13 heteroatoms. The van der Waals surface area contributed by atoms with E-state index in [1.165, 1.54) is 0 Å². The third-order valence-electron chi connectivity index (χ3n) is 11.2. The van der Waals surface area contributed by atoms with E-state index in [1.807, 2.05) is 74.5 Å². The number of aromatic nitrogens is 4. The van der Waals surface area contributed by atoms with E-state index in [1.54, 1.807) is 12.1 Å². The molecule has 1 unspecified atom stereocenters. The van der Waals surface area contributed by atoms with Gasteiger partial charge in [0.05, 0.1) is 52.3 Å². The first kappa shape index (κ1) is 42.2. The molecule has 7 rings (SSSR count). The number of anilines is 1. The van der Waals surface area contributed by atoms with Gasteiger partial charge in [0.15, 0.2) is 6.29 Å². The van der Waals surface area contributed by atoms with Gasteiger partial charge in [-0.3, -0.25) is 14.4 Å². The number of ether oxygens (including phenoxy) is 2. The van der Waals surface area contributed by atoms with Crippen molar-refractivity contribution < 1.29 is 24.2 Å². The molecule has 11 nitrogen and oxygen atoms in total. The number of hydrogen-bond acceptors (Lipinski definition) is 7. The second-order valence-corrected chi connectivity index (χ2v) is 16.1. The number of carbonyl (C=O) groups excluding carboxylic acids is 1. The number of nitrogens with zero attached hydrogens (tertiary/aromatic N) is 6. The normalized spacial score (nSPS) is 16.2. The fourth-order valence-electron chi connectivity index (χ4n) is 8.16. The summed E-state index contributed by atoms with van der Waals surface area (Å²) in [5.74, 6) is -0.897. The van der Waals surface area contributed by atoms with Crippen LogP contribution >= 0.6 is 23.2 Å². The Morgan fingerprint density at radius 2 is 1.77 bits per heavy atom. The van der Waals surface area contributed by atoms with Gasteiger partial charge in [0.2, 0.25) is 0 Å². The molecule has 1 aliphatic heterocycles. The number of aromatic carboxylic acids is 1. The molecule has 1 fully saturated rings. The van der Waals surface area contributed by atoms with Gasteiger partial charge in [-0.1, -0.05) is 40.9 Å². The Hall–Kier alpha value is -4.39. The smallest absolute Gasteiger partial charge is 0.335 e. The Morgan fingerprint density at radius 3 is 2.40 bits per heavy atom. The first-order valence-corrected chi connectivity index (χ1v) is 20.2. The summed E-state index contributed by atoms with van der Waals surface area (Å²) >= 11 is 13.3. The quantitative estimate of drug-likeness (QED) is 0.0987. The van der Waals surface area contributed by atoms with Crippen LogP contribution in [-0.2, 0) is 36.5 Å². The number of aryl methyl sites for hydroxylation is 4. The zero-order valence-electron chi connectivity index (χ0n) is 34.3. The molecular formula is C44H54Cl2N6O5. The van der Waals surface area contributed by atoms with E-state index in [-0.39, 0.29) is 6.10 Å². The number of rotatable bonds is 12. The van der Waals surface area contributed by atoms with Crippen molar-refractivity contribution in [3.8, 4) is 11.1 Å². The van der Waals surface area contributed by atoms with Gasteiger partial charge in [0.25, 0.3) is 0 Å². The van der Waals surface area contributed by atoms with Gasteiger partial charge in [-0.15, -0.1) is 0 Å². The number of halogens is 2. The van der Waals surface area contributed by atoms with E-state index in [9.17, 15) is 9.59 Å². The molecule has 57 heavy (non-hydrogen) atoms. The number of benzene rings is 2. The summed E-state index contributed by atoms with van der Waals surface area (Å²) in [6.45, 7) is 13.5. The summed E-state index contributed by atoms with van der Waals surface area (Å²) in [6, 6.07) is 9.42. The van der Waals surface area contributed by atoms with Gasteiger partial charge >= 0.3 is 5.97 Å². The van der Waals surface area contributed by atoms with Crippen molar-refractivity contribution in [2.75, 3.05) is 58.5 Å². The van der Waals surface area contributed by atoms with Gasteiger partial charge in [-0.25, -0.2) is 4.79 Å². The number of allylic oxidation sites excluding steroid dienone is 2. The summed E-state index contributed by atoms with van der Waals surface area (Å²) < 4.78 is 17.8. The van der Waals surface area contributed by atoms with E-state index in [0.29, 0.717) is 23.7 Å². The van der Waals surface area contributed by atoms with Crippen molar-refractivity contribution in [1.29, 1.82) is 0 Å². The van der Waals surface area contributed by atoms with Crippen molar-refractivity contribution in [3.63, 3.8) is 0 Å². The Kier molecular flexibility index (Phi) is 13.4. The van der Waals surface area contributed by atoms with Gasteiger partial charge in [-0.05, 0) is 82.4 Å². The maximum atomic E-state index is 12.8. The van der Waals surface area contributed by atoms with Crippen LogP contribution in [0.2, 0.25) is 5.02 Å². The number of carbonyl (C=O) groups is 2. The maximum Gasteiger partial charge on any atom is 0.335 e. The van der Waals surface area contributed by atoms with Crippen LogP contribution in [0.4, 0.5) is 5.69 Å². The van der Waals surface area contributed by atoms with Crippen LogP contribution in [-0.4, -0.2) is 101 Å². The predicted octanol–water partition coefficient (Wildman–Crippen LogP) is 8.58. The molecule has 1 atom stereocenters. The molecule has 1 saturated heterocycles. The molecule has 1 aliphatic carbocycles. The Labute approximate surface area is 345 Å². The summed E-state index contributed by atoms with van der Waals surface area (Å²) in [4.78, 5) is 28.1. The largest absolute Gasteiger partial charge is 0.478 e. The first-order chi connectivity index (χ1) is 27.2. The molecule has 0 spiro atoms. The van der Waals surface area contributed by atoms with E-state index in [0.717, 1.165) is 136 Å². The number of fused-ring (bicyclic) bond motifs is 2. The zero-order valence-corrected chi connectivity index (χ0v) is 35.8. The standard InChI is InChI=1S/C32H40Cl2N4O3.C12H14N2O2/c1-20-17-24(18-21(2)31(20)34)41-14-6-7-25-26-8-9-27(33)30(29-22(3)35-36(5)23(29)4)32(26)38(28(25)19-39)11-10-37-12-15-40-16-13-37;1-13(2)10-6-8(12(15)16)7-11-9(10)4-5-14(11)3/h8-9,17,19,24H,6-7,10-16,18H2,1-5H3;4-7H,1-3H3,(H,15,16). The van der Waals surface area contributed by atoms with Crippen molar-refractivity contribution in [2.24, 2.45) is 14.1 Å². The van der Waals surface area contributed by atoms with Gasteiger partial charge in [0, 0.05) is 105 Å². The van der Waals surface area contributed by atoms with Gasteiger partial charge in [0.1, 0.15) is 0 Å². The van der Waals surface area contributed by atoms with Gasteiger partial charge in [-0.2, -0.15) is 5.10 Å². The minimum Gasteiger partial charge on any atom is -0.478 e. The SMILES string of the molecule is CC1=CC(OCCCc2c(C=O)n(CCN3CCOCC3)c3c(-c4c(C)nn(C)c4C)c(Cl)ccc23)CC(C)=C1Cl.CN(C)c1cc(C(=O)O)cc2c1ccn2C. The van der Waals surface area contributed by atoms with Crippen molar-refractivity contribution in [3.05, 3.63) is 92.0 Å². The third kappa shape index (κ3) is 8.88. The fraction of sp³-hybridized carbons (Fsp3) is 0.432. The Balaban J connectivity index is 0.000000286. The summed E-state index contributed by atoms with van der Waals surface area (Å²) in [5, 5.41) is 17.4. The van der Waals surface area contributed by atoms with Crippen LogP contribution in [0.1, 0.15) is 64.5 Å². The van der Waals surface area contributed by atoms with Crippen LogP contribution in [0.25, 0.3) is 32.9 Å². The summed E-state index contributed by atoms with van der Waals surface area (Å²) in [7, 11) is 7.68. The van der Waals surface area contributed by atoms with E-state index >= 15 is 0 Å². The molecule has 0 amide bonds. The number of aldehydes is 1. The molecule has 3 aromatic heterocycles. The van der Waals surface area contributed by atoms with Crippen molar-refractivity contribution in [1.82, 2.24) is 23.8 Å². The lowest BCUT2D eigenvalue weighted by molar-refractivity contribution is 0.0364.